The first kappa shape index (κ1) is 26.5. The molecular weight excluding hydrogens is 436 g/mol. The second-order valence-corrected chi connectivity index (χ2v) is 8.87. The first-order chi connectivity index (χ1) is 16.9. The molecule has 0 radical (unpaired) electrons. The molecule has 35 heavy (non-hydrogen) atoms. The van der Waals surface area contributed by atoms with Crippen LogP contribution >= 0.6 is 0 Å². The summed E-state index contributed by atoms with van der Waals surface area (Å²) in [5.41, 5.74) is 5.42. The molecule has 1 aliphatic heterocycles. The third kappa shape index (κ3) is 6.73. The molecule has 0 spiro atoms. The van der Waals surface area contributed by atoms with Crippen molar-refractivity contribution in [2.24, 2.45) is 0 Å². The van der Waals surface area contributed by atoms with Crippen molar-refractivity contribution >= 4 is 5.95 Å². The number of aromatic nitrogens is 2. The molecule has 0 bridgehead atoms. The van der Waals surface area contributed by atoms with Crippen LogP contribution in [0.25, 0.3) is 0 Å². The quantitative estimate of drug-likeness (QED) is 0.464. The van der Waals surface area contributed by atoms with E-state index in [9.17, 15) is 4.79 Å². The average Bonchev–Trinajstić information content (AvgIpc) is 2.87. The van der Waals surface area contributed by atoms with Gasteiger partial charge in [-0.15, -0.1) is 0 Å². The van der Waals surface area contributed by atoms with Gasteiger partial charge in [-0.2, -0.15) is 0 Å². The van der Waals surface area contributed by atoms with Crippen LogP contribution in [0.2, 0.25) is 0 Å². The largest absolute Gasteiger partial charge is 0.492 e. The predicted molar refractivity (Wildman–Crippen MR) is 144 cm³/mol. The smallest absolute Gasteiger partial charge is 0.259 e. The Hall–Kier alpha value is -3.12. The number of benzene rings is 2. The normalized spacial score (nSPS) is 13.9. The molecule has 0 saturated carbocycles. The van der Waals surface area contributed by atoms with Crippen LogP contribution in [-0.4, -0.2) is 34.1 Å². The first-order valence-electron chi connectivity index (χ1n) is 12.8. The summed E-state index contributed by atoms with van der Waals surface area (Å²) in [6.07, 6.45) is 0.771. The van der Waals surface area contributed by atoms with Gasteiger partial charge in [-0.25, -0.2) is 4.98 Å². The lowest BCUT2D eigenvalue weighted by Gasteiger charge is -2.29. The van der Waals surface area contributed by atoms with Crippen LogP contribution in [0, 0.1) is 13.8 Å². The molecule has 0 amide bonds. The van der Waals surface area contributed by atoms with Crippen LogP contribution in [0.3, 0.4) is 0 Å². The van der Waals surface area contributed by atoms with Crippen molar-refractivity contribution in [1.29, 1.82) is 0 Å². The monoisotopic (exact) mass is 476 g/mol. The Morgan fingerprint density at radius 1 is 1.03 bits per heavy atom. The van der Waals surface area contributed by atoms with E-state index in [0.29, 0.717) is 25.6 Å². The number of hydrogen-bond acceptors (Lipinski definition) is 5. The lowest BCUT2D eigenvalue weighted by atomic mass is 10.1. The molecule has 188 valence electrons. The van der Waals surface area contributed by atoms with Crippen LogP contribution in [0.5, 0.6) is 5.75 Å². The fourth-order valence-electron chi connectivity index (χ4n) is 4.22. The zero-order chi connectivity index (χ0) is 25.4. The van der Waals surface area contributed by atoms with E-state index in [4.69, 9.17) is 9.72 Å². The van der Waals surface area contributed by atoms with Gasteiger partial charge >= 0.3 is 0 Å². The number of anilines is 1. The van der Waals surface area contributed by atoms with Crippen LogP contribution < -0.4 is 15.6 Å². The highest BCUT2D eigenvalue weighted by molar-refractivity contribution is 5.37. The second kappa shape index (κ2) is 12.5. The lowest BCUT2D eigenvalue weighted by Crippen LogP contribution is -2.40. The standard InChI is InChI=1S/C27H34N4O2.C2H6/c1-5-31-26(32)24-18-30(16-17-33-23-12-8-20(3)9-13-23)15-14-25(24)29-27(31)28-21(4)22-10-6-19(2)7-11-22;1-2/h6-13,21H,5,14-18H2,1-4H3,(H,28,29);1-2H3/t21-;/m0./s1. The molecular formula is C29H40N4O2. The fraction of sp³-hybridized carbons (Fsp3) is 0.448. The summed E-state index contributed by atoms with van der Waals surface area (Å²) in [4.78, 5) is 20.5. The summed E-state index contributed by atoms with van der Waals surface area (Å²) in [6.45, 7) is 15.7. The van der Waals surface area contributed by atoms with Crippen molar-refractivity contribution in [2.75, 3.05) is 25.0 Å². The van der Waals surface area contributed by atoms with Gasteiger partial charge in [0.1, 0.15) is 12.4 Å². The Morgan fingerprint density at radius 2 is 1.66 bits per heavy atom. The van der Waals surface area contributed by atoms with E-state index < -0.39 is 0 Å². The lowest BCUT2D eigenvalue weighted by molar-refractivity contribution is 0.194. The summed E-state index contributed by atoms with van der Waals surface area (Å²) in [6, 6.07) is 16.6. The maximum Gasteiger partial charge on any atom is 0.259 e. The van der Waals surface area contributed by atoms with Gasteiger partial charge in [0.2, 0.25) is 5.95 Å². The van der Waals surface area contributed by atoms with E-state index in [1.807, 2.05) is 32.9 Å². The third-order valence-corrected chi connectivity index (χ3v) is 6.33. The van der Waals surface area contributed by atoms with Gasteiger partial charge in [0.25, 0.3) is 5.56 Å². The van der Waals surface area contributed by atoms with Crippen molar-refractivity contribution < 1.29 is 4.74 Å². The van der Waals surface area contributed by atoms with Crippen LogP contribution in [0.1, 0.15) is 61.7 Å². The molecule has 1 N–H and O–H groups in total. The minimum Gasteiger partial charge on any atom is -0.492 e. The SMILES string of the molecule is CC.CCn1c(N[C@@H](C)c2ccc(C)cc2)nc2c(c1=O)CN(CCOc1ccc(C)cc1)CC2. The van der Waals surface area contributed by atoms with Gasteiger partial charge in [0.05, 0.1) is 17.3 Å². The molecule has 1 atom stereocenters. The summed E-state index contributed by atoms with van der Waals surface area (Å²) in [7, 11) is 0. The predicted octanol–water partition coefficient (Wildman–Crippen LogP) is 5.52. The number of hydrogen-bond donors (Lipinski definition) is 1. The number of rotatable bonds is 8. The molecule has 1 aliphatic rings. The maximum atomic E-state index is 13.3. The number of ether oxygens (including phenoxy) is 1. The maximum absolute atomic E-state index is 13.3. The molecule has 1 aromatic heterocycles. The van der Waals surface area contributed by atoms with Gasteiger partial charge in [-0.1, -0.05) is 61.4 Å². The van der Waals surface area contributed by atoms with Crippen molar-refractivity contribution in [1.82, 2.24) is 14.5 Å². The Kier molecular flexibility index (Phi) is 9.49. The van der Waals surface area contributed by atoms with Gasteiger partial charge < -0.3 is 10.1 Å². The summed E-state index contributed by atoms with van der Waals surface area (Å²) in [5, 5.41) is 3.47. The number of nitrogens with one attached hydrogen (secondary N) is 1. The molecule has 6 heteroatoms. The van der Waals surface area contributed by atoms with Crippen LogP contribution in [0.4, 0.5) is 5.95 Å². The van der Waals surface area contributed by atoms with Crippen LogP contribution in [0.15, 0.2) is 53.3 Å². The van der Waals surface area contributed by atoms with E-state index in [-0.39, 0.29) is 11.6 Å². The molecule has 0 unspecified atom stereocenters. The molecule has 0 fully saturated rings. The second-order valence-electron chi connectivity index (χ2n) is 8.87. The molecule has 0 saturated heterocycles. The molecule has 4 rings (SSSR count). The summed E-state index contributed by atoms with van der Waals surface area (Å²) >= 11 is 0. The van der Waals surface area contributed by atoms with E-state index in [1.165, 1.54) is 16.7 Å². The van der Waals surface area contributed by atoms with Gasteiger partial charge in [-0.3, -0.25) is 14.3 Å². The van der Waals surface area contributed by atoms with Gasteiger partial charge in [-0.05, 0) is 45.4 Å². The summed E-state index contributed by atoms with van der Waals surface area (Å²) < 4.78 is 7.65. The highest BCUT2D eigenvalue weighted by Gasteiger charge is 2.23. The molecule has 3 aromatic rings. The highest BCUT2D eigenvalue weighted by Crippen LogP contribution is 2.21. The van der Waals surface area contributed by atoms with E-state index in [1.54, 1.807) is 4.57 Å². The van der Waals surface area contributed by atoms with Crippen LogP contribution in [-0.2, 0) is 19.5 Å². The van der Waals surface area contributed by atoms with E-state index in [2.05, 4.69) is 67.4 Å². The first-order valence-corrected chi connectivity index (χ1v) is 12.8. The summed E-state index contributed by atoms with van der Waals surface area (Å²) in [5.74, 6) is 1.54. The van der Waals surface area contributed by atoms with E-state index in [0.717, 1.165) is 36.5 Å². The minimum atomic E-state index is 0.0604. The molecule has 0 aliphatic carbocycles. The molecule has 2 heterocycles. The average molecular weight is 477 g/mol. The Morgan fingerprint density at radius 3 is 2.29 bits per heavy atom. The van der Waals surface area contributed by atoms with Crippen molar-refractivity contribution in [3.63, 3.8) is 0 Å². The number of fused-ring (bicyclic) bond motifs is 1. The number of aryl methyl sites for hydroxylation is 2. The van der Waals surface area contributed by atoms with Crippen molar-refractivity contribution in [2.45, 2.75) is 67.1 Å². The minimum absolute atomic E-state index is 0.0604. The highest BCUT2D eigenvalue weighted by atomic mass is 16.5. The Balaban J connectivity index is 0.00000167. The zero-order valence-electron chi connectivity index (χ0n) is 22.1. The van der Waals surface area contributed by atoms with Crippen molar-refractivity contribution in [3.05, 3.63) is 86.8 Å². The van der Waals surface area contributed by atoms with Gasteiger partial charge in [0.15, 0.2) is 0 Å². The zero-order valence-corrected chi connectivity index (χ0v) is 22.1. The third-order valence-electron chi connectivity index (χ3n) is 6.33. The Bertz CT molecular complexity index is 1140. The molecule has 6 nitrogen and oxygen atoms in total. The van der Waals surface area contributed by atoms with Gasteiger partial charge in [0, 0.05) is 32.6 Å². The Labute approximate surface area is 210 Å². The topological polar surface area (TPSA) is 59.4 Å². The fourth-order valence-corrected chi connectivity index (χ4v) is 4.22. The van der Waals surface area contributed by atoms with E-state index >= 15 is 0 Å². The number of nitrogens with zero attached hydrogens (tertiary/aromatic N) is 3. The molecule has 2 aromatic carbocycles. The van der Waals surface area contributed by atoms with Crippen molar-refractivity contribution in [3.8, 4) is 5.75 Å².